The van der Waals surface area contributed by atoms with Crippen LogP contribution >= 0.6 is 0 Å². The van der Waals surface area contributed by atoms with Crippen molar-refractivity contribution >= 4 is 15.9 Å². The zero-order chi connectivity index (χ0) is 17.7. The zero-order valence-electron chi connectivity index (χ0n) is 14.7. The van der Waals surface area contributed by atoms with Crippen molar-refractivity contribution in [2.45, 2.75) is 31.7 Å². The number of nitrogens with zero attached hydrogens (tertiary/aromatic N) is 2. The number of likely N-dealkylation sites (tertiary alicyclic amines) is 1. The van der Waals surface area contributed by atoms with E-state index >= 15 is 0 Å². The highest BCUT2D eigenvalue weighted by Gasteiger charge is 2.26. The topological polar surface area (TPSA) is 83.4 Å². The highest BCUT2D eigenvalue weighted by molar-refractivity contribution is 7.88. The summed E-state index contributed by atoms with van der Waals surface area (Å²) in [5, 5.41) is 2.67. The number of hydrogen-bond donors (Lipinski definition) is 2. The van der Waals surface area contributed by atoms with Crippen LogP contribution in [0.2, 0.25) is 0 Å². The third-order valence-corrected chi connectivity index (χ3v) is 5.29. The molecule has 0 spiro atoms. The molecule has 2 N–H and O–H groups in total. The number of aromatic nitrogens is 1. The van der Waals surface area contributed by atoms with E-state index in [0.717, 1.165) is 38.0 Å². The van der Waals surface area contributed by atoms with Gasteiger partial charge in [-0.25, -0.2) is 13.1 Å². The smallest absolute Gasteiger partial charge is 0.267 e. The molecule has 1 aromatic rings. The molecule has 8 heteroatoms. The Hall–Kier alpha value is -1.38. The number of carbonyl (C=O) groups is 1. The number of sulfonamides is 1. The van der Waals surface area contributed by atoms with Gasteiger partial charge in [0.15, 0.2) is 0 Å². The van der Waals surface area contributed by atoms with Crippen molar-refractivity contribution in [3.63, 3.8) is 0 Å². The highest BCUT2D eigenvalue weighted by Crippen LogP contribution is 2.31. The molecule has 0 bridgehead atoms. The lowest BCUT2D eigenvalue weighted by Crippen LogP contribution is -2.37. The fourth-order valence-corrected chi connectivity index (χ4v) is 3.87. The van der Waals surface area contributed by atoms with Gasteiger partial charge in [0, 0.05) is 32.9 Å². The molecule has 0 radical (unpaired) electrons. The summed E-state index contributed by atoms with van der Waals surface area (Å²) < 4.78 is 26.8. The highest BCUT2D eigenvalue weighted by atomic mass is 32.2. The van der Waals surface area contributed by atoms with E-state index in [-0.39, 0.29) is 11.9 Å². The van der Waals surface area contributed by atoms with Gasteiger partial charge in [-0.3, -0.25) is 9.69 Å². The monoisotopic (exact) mass is 356 g/mol. The standard InChI is InChI=1S/C16H28N4O3S/c1-17-16(21)15-9-8-13(19(15)2)14-7-4-5-11-20(14)12-6-10-18-24(3,22)23/h8-9,14,18H,4-7,10-12H2,1-3H3,(H,17,21)/t14-/m0/s1. The average Bonchev–Trinajstić information content (AvgIpc) is 2.92. The quantitative estimate of drug-likeness (QED) is 0.710. The minimum absolute atomic E-state index is 0.0801. The molecular formula is C16H28N4O3S. The third-order valence-electron chi connectivity index (χ3n) is 4.56. The normalized spacial score (nSPS) is 19.4. The molecule has 136 valence electrons. The van der Waals surface area contributed by atoms with Crippen molar-refractivity contribution in [3.8, 4) is 0 Å². The van der Waals surface area contributed by atoms with E-state index in [4.69, 9.17) is 0 Å². The Kier molecular flexibility index (Phi) is 6.42. The number of nitrogens with one attached hydrogen (secondary N) is 2. The summed E-state index contributed by atoms with van der Waals surface area (Å²) in [6.07, 6.45) is 5.34. The van der Waals surface area contributed by atoms with Gasteiger partial charge in [0.2, 0.25) is 10.0 Å². The first-order chi connectivity index (χ1) is 11.3. The van der Waals surface area contributed by atoms with E-state index in [0.29, 0.717) is 12.2 Å². The van der Waals surface area contributed by atoms with Gasteiger partial charge < -0.3 is 9.88 Å². The molecule has 1 aliphatic rings. The zero-order valence-corrected chi connectivity index (χ0v) is 15.5. The summed E-state index contributed by atoms with van der Waals surface area (Å²) in [4.78, 5) is 14.3. The summed E-state index contributed by atoms with van der Waals surface area (Å²) in [7, 11) is 0.438. The van der Waals surface area contributed by atoms with Crippen LogP contribution in [0.5, 0.6) is 0 Å². The third kappa shape index (κ3) is 4.81. The van der Waals surface area contributed by atoms with Crippen LogP contribution in [0, 0.1) is 0 Å². The van der Waals surface area contributed by atoms with E-state index < -0.39 is 10.0 Å². The predicted octanol–water partition coefficient (Wildman–Crippen LogP) is 0.851. The molecule has 24 heavy (non-hydrogen) atoms. The van der Waals surface area contributed by atoms with Crippen LogP contribution in [0.1, 0.15) is 47.9 Å². The van der Waals surface area contributed by atoms with Gasteiger partial charge in [-0.2, -0.15) is 0 Å². The lowest BCUT2D eigenvalue weighted by molar-refractivity contribution is 0.0952. The number of rotatable bonds is 7. The molecule has 7 nitrogen and oxygen atoms in total. The lowest BCUT2D eigenvalue weighted by Gasteiger charge is -2.36. The van der Waals surface area contributed by atoms with Gasteiger partial charge in [-0.15, -0.1) is 0 Å². The lowest BCUT2D eigenvalue weighted by atomic mass is 9.99. The van der Waals surface area contributed by atoms with Crippen LogP contribution in [0.4, 0.5) is 0 Å². The van der Waals surface area contributed by atoms with Crippen LogP contribution in [0.3, 0.4) is 0 Å². The van der Waals surface area contributed by atoms with E-state index in [1.165, 1.54) is 12.7 Å². The summed E-state index contributed by atoms with van der Waals surface area (Å²) in [5.74, 6) is -0.0801. The first-order valence-corrected chi connectivity index (χ1v) is 10.3. The van der Waals surface area contributed by atoms with Gasteiger partial charge in [0.1, 0.15) is 5.69 Å². The van der Waals surface area contributed by atoms with Crippen LogP contribution in [0.15, 0.2) is 12.1 Å². The second-order valence-corrected chi connectivity index (χ2v) is 8.18. The minimum Gasteiger partial charge on any atom is -0.354 e. The van der Waals surface area contributed by atoms with Crippen molar-refractivity contribution in [1.29, 1.82) is 0 Å². The van der Waals surface area contributed by atoms with E-state index in [2.05, 4.69) is 14.9 Å². The first kappa shape index (κ1) is 19.0. The molecular weight excluding hydrogens is 328 g/mol. The fraction of sp³-hybridized carbons (Fsp3) is 0.688. The van der Waals surface area contributed by atoms with E-state index in [1.807, 2.05) is 23.7 Å². The van der Waals surface area contributed by atoms with Gasteiger partial charge in [-0.05, 0) is 37.9 Å². The van der Waals surface area contributed by atoms with Crippen molar-refractivity contribution in [2.24, 2.45) is 7.05 Å². The first-order valence-electron chi connectivity index (χ1n) is 8.40. The van der Waals surface area contributed by atoms with Crippen LogP contribution in [0.25, 0.3) is 0 Å². The molecule has 1 atom stereocenters. The van der Waals surface area contributed by atoms with Crippen LogP contribution in [-0.2, 0) is 17.1 Å². The van der Waals surface area contributed by atoms with Crippen LogP contribution < -0.4 is 10.0 Å². The Morgan fingerprint density at radius 3 is 2.75 bits per heavy atom. The van der Waals surface area contributed by atoms with Crippen LogP contribution in [-0.4, -0.2) is 56.7 Å². The van der Waals surface area contributed by atoms with Gasteiger partial charge in [-0.1, -0.05) is 6.42 Å². The Bertz CT molecular complexity index is 669. The Morgan fingerprint density at radius 2 is 2.08 bits per heavy atom. The number of carbonyl (C=O) groups excluding carboxylic acids is 1. The summed E-state index contributed by atoms with van der Waals surface area (Å²) >= 11 is 0. The van der Waals surface area contributed by atoms with E-state index in [9.17, 15) is 13.2 Å². The molecule has 0 aromatic carbocycles. The van der Waals surface area contributed by atoms with Gasteiger partial charge >= 0.3 is 0 Å². The fourth-order valence-electron chi connectivity index (χ4n) is 3.35. The average molecular weight is 356 g/mol. The Morgan fingerprint density at radius 1 is 1.33 bits per heavy atom. The molecule has 1 aromatic heterocycles. The molecule has 0 saturated carbocycles. The summed E-state index contributed by atoms with van der Waals surface area (Å²) in [5.41, 5.74) is 1.81. The molecule has 2 heterocycles. The number of piperidine rings is 1. The molecule has 0 unspecified atom stereocenters. The maximum absolute atomic E-state index is 11.9. The minimum atomic E-state index is -3.13. The van der Waals surface area contributed by atoms with Crippen molar-refractivity contribution in [1.82, 2.24) is 19.5 Å². The van der Waals surface area contributed by atoms with Crippen molar-refractivity contribution in [2.75, 3.05) is 32.9 Å². The van der Waals surface area contributed by atoms with E-state index in [1.54, 1.807) is 7.05 Å². The molecule has 1 amide bonds. The second-order valence-electron chi connectivity index (χ2n) is 6.35. The van der Waals surface area contributed by atoms with Gasteiger partial charge in [0.25, 0.3) is 5.91 Å². The SMILES string of the molecule is CNC(=O)c1ccc([C@@H]2CCCCN2CCCNS(C)(=O)=O)n1C. The van der Waals surface area contributed by atoms with Gasteiger partial charge in [0.05, 0.1) is 12.3 Å². The molecule has 1 fully saturated rings. The number of amides is 1. The number of hydrogen-bond acceptors (Lipinski definition) is 4. The Labute approximate surface area is 144 Å². The maximum Gasteiger partial charge on any atom is 0.267 e. The second kappa shape index (κ2) is 8.13. The molecule has 2 rings (SSSR count). The summed E-state index contributed by atoms with van der Waals surface area (Å²) in [6, 6.07) is 4.18. The maximum atomic E-state index is 11.9. The molecule has 1 saturated heterocycles. The predicted molar refractivity (Wildman–Crippen MR) is 94.4 cm³/mol. The molecule has 0 aliphatic carbocycles. The summed E-state index contributed by atoms with van der Waals surface area (Å²) in [6.45, 7) is 2.30. The largest absolute Gasteiger partial charge is 0.354 e. The van der Waals surface area contributed by atoms with Crippen molar-refractivity contribution in [3.05, 3.63) is 23.5 Å². The molecule has 1 aliphatic heterocycles. The Balaban J connectivity index is 2.04. The van der Waals surface area contributed by atoms with Crippen molar-refractivity contribution < 1.29 is 13.2 Å².